The molecule has 3 aromatic carbocycles. The number of aromatic nitrogens is 1. The van der Waals surface area contributed by atoms with Crippen LogP contribution in [0.3, 0.4) is 0 Å². The van der Waals surface area contributed by atoms with Crippen molar-refractivity contribution in [1.82, 2.24) is 0 Å². The van der Waals surface area contributed by atoms with Crippen LogP contribution >= 0.6 is 0 Å². The Balaban J connectivity index is 1.93. The topological polar surface area (TPSA) is 19.6 Å². The molecule has 0 amide bonds. The van der Waals surface area contributed by atoms with Crippen molar-refractivity contribution in [3.63, 3.8) is 0 Å². The van der Waals surface area contributed by atoms with Gasteiger partial charge in [-0.15, -0.1) is 0 Å². The number of aryl methyl sites for hydroxylation is 4. The van der Waals surface area contributed by atoms with Gasteiger partial charge in [-0.05, 0) is 61.7 Å². The summed E-state index contributed by atoms with van der Waals surface area (Å²) in [5.41, 5.74) is 9.78. The molecule has 0 saturated carbocycles. The van der Waals surface area contributed by atoms with Gasteiger partial charge < -0.3 is 14.5 Å². The third-order valence-electron chi connectivity index (χ3n) is 6.41. The summed E-state index contributed by atoms with van der Waals surface area (Å²) in [6.45, 7) is 7.05. The lowest BCUT2D eigenvalue weighted by Gasteiger charge is -2.18. The van der Waals surface area contributed by atoms with Crippen LogP contribution in [0.5, 0.6) is 5.75 Å². The number of pyridine rings is 1. The Labute approximate surface area is 191 Å². The average Bonchev–Trinajstić information content (AvgIpc) is 2.74. The Morgan fingerprint density at radius 2 is 1.19 bits per heavy atom. The summed E-state index contributed by atoms with van der Waals surface area (Å²) in [6, 6.07) is 17.7. The Morgan fingerprint density at radius 1 is 0.719 bits per heavy atom. The van der Waals surface area contributed by atoms with Gasteiger partial charge in [-0.3, -0.25) is 0 Å². The zero-order valence-corrected chi connectivity index (χ0v) is 20.6. The summed E-state index contributed by atoms with van der Waals surface area (Å²) in [4.78, 5) is 4.28. The van der Waals surface area contributed by atoms with Gasteiger partial charge in [-0.25, -0.2) is 0 Å². The molecule has 4 heteroatoms. The van der Waals surface area contributed by atoms with E-state index < -0.39 is 0 Å². The van der Waals surface area contributed by atoms with Crippen LogP contribution in [0.4, 0.5) is 11.4 Å². The van der Waals surface area contributed by atoms with Gasteiger partial charge in [0.05, 0.1) is 10.8 Å². The summed E-state index contributed by atoms with van der Waals surface area (Å²) < 4.78 is 8.91. The number of rotatable bonds is 5. The van der Waals surface area contributed by atoms with Crippen LogP contribution in [0, 0.1) is 20.8 Å². The van der Waals surface area contributed by atoms with Gasteiger partial charge in [-0.1, -0.05) is 17.7 Å². The standard InChI is InChI=1S/C28H34N3O/c1-18-13-19(2)25(20(3)14-18)17-32-28-23-11-9-21(29(4)5)15-26(23)31(8)27-16-22(30(6)7)10-12-24(27)28/h9-16H,17H2,1-8H3/q+1. The van der Waals surface area contributed by atoms with Crippen LogP contribution in [-0.4, -0.2) is 28.2 Å². The second kappa shape index (κ2) is 8.34. The summed E-state index contributed by atoms with van der Waals surface area (Å²) in [5, 5.41) is 2.26. The Bertz CT molecular complexity index is 1230. The van der Waals surface area contributed by atoms with Crippen LogP contribution in [-0.2, 0) is 13.7 Å². The SMILES string of the molecule is Cc1cc(C)c(COc2c3ccc(N(C)C)cc3[n+](C)c3cc(N(C)C)ccc23)c(C)c1. The lowest BCUT2D eigenvalue weighted by Crippen LogP contribution is -2.31. The molecule has 0 N–H and O–H groups in total. The first-order valence-corrected chi connectivity index (χ1v) is 11.1. The molecule has 0 saturated heterocycles. The maximum Gasteiger partial charge on any atom is 0.218 e. The first-order valence-electron chi connectivity index (χ1n) is 11.1. The highest BCUT2D eigenvalue weighted by Crippen LogP contribution is 2.36. The van der Waals surface area contributed by atoms with Crippen molar-refractivity contribution in [1.29, 1.82) is 0 Å². The fourth-order valence-electron chi connectivity index (χ4n) is 4.55. The van der Waals surface area contributed by atoms with E-state index in [2.05, 4.69) is 119 Å². The van der Waals surface area contributed by atoms with Crippen molar-refractivity contribution in [2.24, 2.45) is 7.05 Å². The van der Waals surface area contributed by atoms with E-state index in [1.165, 1.54) is 33.6 Å². The minimum Gasteiger partial charge on any atom is -0.487 e. The molecule has 0 aliphatic rings. The highest BCUT2D eigenvalue weighted by atomic mass is 16.5. The van der Waals surface area contributed by atoms with E-state index in [9.17, 15) is 0 Å². The summed E-state index contributed by atoms with van der Waals surface area (Å²) >= 11 is 0. The minimum atomic E-state index is 0.556. The number of ether oxygens (including phenoxy) is 1. The molecule has 1 aromatic heterocycles. The number of nitrogens with zero attached hydrogens (tertiary/aromatic N) is 3. The fourth-order valence-corrected chi connectivity index (χ4v) is 4.55. The van der Waals surface area contributed by atoms with Crippen molar-refractivity contribution in [2.45, 2.75) is 27.4 Å². The third-order valence-corrected chi connectivity index (χ3v) is 6.41. The summed E-state index contributed by atoms with van der Waals surface area (Å²) in [6.07, 6.45) is 0. The van der Waals surface area contributed by atoms with Crippen LogP contribution in [0.25, 0.3) is 21.8 Å². The van der Waals surface area contributed by atoms with Crippen molar-refractivity contribution in [2.75, 3.05) is 38.0 Å². The molecule has 4 nitrogen and oxygen atoms in total. The smallest absolute Gasteiger partial charge is 0.218 e. The second-order valence-corrected chi connectivity index (χ2v) is 9.25. The molecular formula is C28H34N3O+. The van der Waals surface area contributed by atoms with Gasteiger partial charge in [0, 0.05) is 51.7 Å². The molecule has 0 aliphatic heterocycles. The predicted molar refractivity (Wildman–Crippen MR) is 136 cm³/mol. The predicted octanol–water partition coefficient (Wildman–Crippen LogP) is 5.45. The molecule has 0 atom stereocenters. The van der Waals surface area contributed by atoms with E-state index in [4.69, 9.17) is 4.74 Å². The maximum atomic E-state index is 6.64. The molecule has 0 unspecified atom stereocenters. The molecule has 4 rings (SSSR count). The molecular weight excluding hydrogens is 394 g/mol. The molecule has 0 bridgehead atoms. The van der Waals surface area contributed by atoms with Gasteiger partial charge in [0.15, 0.2) is 0 Å². The largest absolute Gasteiger partial charge is 0.487 e. The monoisotopic (exact) mass is 428 g/mol. The summed E-state index contributed by atoms with van der Waals surface area (Å²) in [7, 11) is 10.4. The van der Waals surface area contributed by atoms with Crippen molar-refractivity contribution in [3.05, 3.63) is 70.8 Å². The minimum absolute atomic E-state index is 0.556. The van der Waals surface area contributed by atoms with Crippen molar-refractivity contribution in [3.8, 4) is 5.75 Å². The molecule has 0 fully saturated rings. The molecule has 32 heavy (non-hydrogen) atoms. The normalized spacial score (nSPS) is 11.2. The molecule has 1 heterocycles. The fraction of sp³-hybridized carbons (Fsp3) is 0.321. The number of hydrogen-bond acceptors (Lipinski definition) is 3. The average molecular weight is 429 g/mol. The molecule has 0 spiro atoms. The van der Waals surface area contributed by atoms with E-state index in [1.54, 1.807) is 0 Å². The van der Waals surface area contributed by atoms with Gasteiger partial charge in [-0.2, -0.15) is 4.57 Å². The van der Waals surface area contributed by atoms with E-state index in [0.717, 1.165) is 27.6 Å². The van der Waals surface area contributed by atoms with E-state index in [-0.39, 0.29) is 0 Å². The third kappa shape index (κ3) is 3.86. The van der Waals surface area contributed by atoms with Crippen molar-refractivity contribution < 1.29 is 9.30 Å². The first kappa shape index (κ1) is 21.9. The van der Waals surface area contributed by atoms with E-state index in [1.807, 2.05) is 0 Å². The Morgan fingerprint density at radius 3 is 1.62 bits per heavy atom. The number of hydrogen-bond donors (Lipinski definition) is 0. The van der Waals surface area contributed by atoms with Gasteiger partial charge in [0.25, 0.3) is 0 Å². The van der Waals surface area contributed by atoms with E-state index >= 15 is 0 Å². The lowest BCUT2D eigenvalue weighted by atomic mass is 10.0. The van der Waals surface area contributed by atoms with Crippen LogP contribution in [0.1, 0.15) is 22.3 Å². The number of anilines is 2. The van der Waals surface area contributed by atoms with Crippen LogP contribution in [0.2, 0.25) is 0 Å². The van der Waals surface area contributed by atoms with Crippen LogP contribution < -0.4 is 19.1 Å². The molecule has 4 aromatic rings. The van der Waals surface area contributed by atoms with Crippen molar-refractivity contribution >= 4 is 33.2 Å². The van der Waals surface area contributed by atoms with Crippen LogP contribution in [0.15, 0.2) is 48.5 Å². The Hall–Kier alpha value is -3.27. The van der Waals surface area contributed by atoms with E-state index in [0.29, 0.717) is 6.61 Å². The highest BCUT2D eigenvalue weighted by molar-refractivity contribution is 5.99. The molecule has 166 valence electrons. The second-order valence-electron chi connectivity index (χ2n) is 9.25. The number of benzene rings is 3. The number of fused-ring (bicyclic) bond motifs is 2. The zero-order chi connectivity index (χ0) is 23.2. The lowest BCUT2D eigenvalue weighted by molar-refractivity contribution is -0.617. The zero-order valence-electron chi connectivity index (χ0n) is 20.6. The Kier molecular flexibility index (Phi) is 5.72. The van der Waals surface area contributed by atoms with Gasteiger partial charge in [0.1, 0.15) is 19.4 Å². The highest BCUT2D eigenvalue weighted by Gasteiger charge is 2.21. The first-order chi connectivity index (χ1) is 15.2. The van der Waals surface area contributed by atoms with Gasteiger partial charge in [0.2, 0.25) is 11.0 Å². The molecule has 0 aliphatic carbocycles. The summed E-state index contributed by atoms with van der Waals surface area (Å²) in [5.74, 6) is 0.947. The maximum absolute atomic E-state index is 6.64. The van der Waals surface area contributed by atoms with Gasteiger partial charge >= 0.3 is 0 Å². The molecule has 0 radical (unpaired) electrons. The quantitative estimate of drug-likeness (QED) is 0.311.